The van der Waals surface area contributed by atoms with E-state index in [1.165, 1.54) is 86.9 Å². The van der Waals surface area contributed by atoms with Crippen molar-refractivity contribution < 1.29 is 4.42 Å². The minimum absolute atomic E-state index is 0.912. The molecule has 2 heteroatoms. The van der Waals surface area contributed by atoms with Crippen LogP contribution in [-0.4, -0.2) is 0 Å². The maximum absolute atomic E-state index is 6.42. The molecule has 0 unspecified atom stereocenters. The summed E-state index contributed by atoms with van der Waals surface area (Å²) in [6, 6.07) is 83.7. The van der Waals surface area contributed by atoms with Crippen LogP contribution in [-0.2, 0) is 0 Å². The number of fused-ring (bicyclic) bond motifs is 6. The van der Waals surface area contributed by atoms with E-state index in [1.807, 2.05) is 23.5 Å². The molecule has 0 amide bonds. The third-order valence-corrected chi connectivity index (χ3v) is 13.5. The van der Waals surface area contributed by atoms with Gasteiger partial charge in [0, 0.05) is 36.5 Å². The molecule has 0 atom stereocenters. The monoisotopic (exact) mass is 806 g/mol. The van der Waals surface area contributed by atoms with E-state index in [4.69, 9.17) is 4.42 Å². The van der Waals surface area contributed by atoms with Crippen molar-refractivity contribution in [1.82, 2.24) is 0 Å². The van der Waals surface area contributed by atoms with Crippen molar-refractivity contribution in [3.05, 3.63) is 231 Å². The number of para-hydroxylation sites is 2. The molecule has 0 radical (unpaired) electrons. The Labute approximate surface area is 364 Å². The Morgan fingerprint density at radius 3 is 1.31 bits per heavy atom. The molecular formula is C60H38OS. The standard InChI is InChI=1S/C60H38OS/c1-2-14-39(15-3-1)48-36-49(38-50(37-48)45-21-11-23-47(35-45)52-27-13-29-56-54-25-5-7-31-58(54)62-60(52)56)44-20-9-18-42(33-44)40-16-8-17-41(32-40)43-19-10-22-46(34-43)51-26-12-28-55-53-24-4-6-30-57(53)61-59(51)55/h1-38H. The van der Waals surface area contributed by atoms with Crippen LogP contribution in [0.25, 0.3) is 120 Å². The van der Waals surface area contributed by atoms with Crippen LogP contribution >= 0.6 is 11.3 Å². The third kappa shape index (κ3) is 6.41. The van der Waals surface area contributed by atoms with Gasteiger partial charge in [0.05, 0.1) is 0 Å². The molecule has 0 saturated heterocycles. The fourth-order valence-electron chi connectivity index (χ4n) is 9.20. The SMILES string of the molecule is c1ccc(-c2cc(-c3cccc(-c4cccc(-c5cccc(-c6cccc7c6oc6ccccc67)c5)c4)c3)cc(-c3cccc(-c4cccc5c4sc4ccccc45)c3)c2)cc1. The molecule has 0 aliphatic heterocycles. The van der Waals surface area contributed by atoms with E-state index in [-0.39, 0.29) is 0 Å². The normalized spacial score (nSPS) is 11.5. The first-order chi connectivity index (χ1) is 30.7. The van der Waals surface area contributed by atoms with E-state index in [9.17, 15) is 0 Å². The van der Waals surface area contributed by atoms with Crippen molar-refractivity contribution in [3.63, 3.8) is 0 Å². The molecule has 0 saturated carbocycles. The van der Waals surface area contributed by atoms with E-state index in [0.717, 1.165) is 33.1 Å². The Balaban J connectivity index is 0.916. The third-order valence-electron chi connectivity index (χ3n) is 12.3. The first-order valence-corrected chi connectivity index (χ1v) is 22.0. The number of thiophene rings is 1. The summed E-state index contributed by atoms with van der Waals surface area (Å²) >= 11 is 1.88. The van der Waals surface area contributed by atoms with Crippen molar-refractivity contribution >= 4 is 53.4 Å². The van der Waals surface area contributed by atoms with Crippen LogP contribution in [0.3, 0.4) is 0 Å². The molecule has 12 rings (SSSR count). The van der Waals surface area contributed by atoms with Gasteiger partial charge in [-0.1, -0.05) is 176 Å². The summed E-state index contributed by atoms with van der Waals surface area (Å²) in [5.74, 6) is 0. The van der Waals surface area contributed by atoms with Crippen molar-refractivity contribution in [2.45, 2.75) is 0 Å². The lowest BCUT2D eigenvalue weighted by molar-refractivity contribution is 0.670. The second-order valence-corrected chi connectivity index (χ2v) is 17.1. The zero-order valence-corrected chi connectivity index (χ0v) is 34.6. The molecule has 12 aromatic rings. The number of rotatable bonds is 7. The van der Waals surface area contributed by atoms with Crippen LogP contribution in [0, 0.1) is 0 Å². The summed E-state index contributed by atoms with van der Waals surface area (Å²) in [4.78, 5) is 0. The molecule has 2 aromatic heterocycles. The maximum atomic E-state index is 6.42. The highest BCUT2D eigenvalue weighted by Crippen LogP contribution is 2.42. The minimum Gasteiger partial charge on any atom is -0.455 e. The van der Waals surface area contributed by atoms with Crippen LogP contribution in [0.2, 0.25) is 0 Å². The molecule has 1 nitrogen and oxygen atoms in total. The molecule has 2 heterocycles. The van der Waals surface area contributed by atoms with Crippen LogP contribution in [0.5, 0.6) is 0 Å². The highest BCUT2D eigenvalue weighted by Gasteiger charge is 2.15. The lowest BCUT2D eigenvalue weighted by Crippen LogP contribution is -1.88. The summed E-state index contributed by atoms with van der Waals surface area (Å²) in [5.41, 5.74) is 18.4. The number of furan rings is 1. The van der Waals surface area contributed by atoms with Gasteiger partial charge in [-0.15, -0.1) is 11.3 Å². The van der Waals surface area contributed by atoms with Crippen LogP contribution in [0.15, 0.2) is 235 Å². The molecular weight excluding hydrogens is 769 g/mol. The quantitative estimate of drug-likeness (QED) is 0.156. The van der Waals surface area contributed by atoms with Gasteiger partial charge in [0.15, 0.2) is 0 Å². The lowest BCUT2D eigenvalue weighted by atomic mass is 9.90. The Hall–Kier alpha value is -7.78. The van der Waals surface area contributed by atoms with Crippen molar-refractivity contribution in [1.29, 1.82) is 0 Å². The Morgan fingerprint density at radius 1 is 0.258 bits per heavy atom. The van der Waals surface area contributed by atoms with Gasteiger partial charge in [-0.05, 0) is 127 Å². The molecule has 0 aliphatic rings. The highest BCUT2D eigenvalue weighted by molar-refractivity contribution is 7.26. The van der Waals surface area contributed by atoms with E-state index in [2.05, 4.69) is 218 Å². The first-order valence-electron chi connectivity index (χ1n) is 21.1. The maximum Gasteiger partial charge on any atom is 0.143 e. The van der Waals surface area contributed by atoms with E-state index in [1.54, 1.807) is 0 Å². The molecule has 0 spiro atoms. The highest BCUT2D eigenvalue weighted by atomic mass is 32.1. The molecule has 10 aromatic carbocycles. The fourth-order valence-corrected chi connectivity index (χ4v) is 10.4. The number of hydrogen-bond acceptors (Lipinski definition) is 2. The van der Waals surface area contributed by atoms with Gasteiger partial charge in [0.1, 0.15) is 11.2 Å². The van der Waals surface area contributed by atoms with Gasteiger partial charge in [-0.25, -0.2) is 0 Å². The molecule has 0 N–H and O–H groups in total. The van der Waals surface area contributed by atoms with E-state index >= 15 is 0 Å². The predicted octanol–water partition coefficient (Wildman–Crippen LogP) is 17.6. The molecule has 0 aliphatic carbocycles. The summed E-state index contributed by atoms with van der Waals surface area (Å²) < 4.78 is 9.07. The Morgan fingerprint density at radius 2 is 0.661 bits per heavy atom. The van der Waals surface area contributed by atoms with Gasteiger partial charge in [-0.3, -0.25) is 0 Å². The number of hydrogen-bond donors (Lipinski definition) is 0. The van der Waals surface area contributed by atoms with Crippen molar-refractivity contribution in [2.75, 3.05) is 0 Å². The predicted molar refractivity (Wildman–Crippen MR) is 265 cm³/mol. The Kier molecular flexibility index (Phi) is 8.76. The second kappa shape index (κ2) is 15.0. The summed E-state index contributed by atoms with van der Waals surface area (Å²) in [6.45, 7) is 0. The van der Waals surface area contributed by atoms with Crippen molar-refractivity contribution in [2.24, 2.45) is 0 Å². The summed E-state index contributed by atoms with van der Waals surface area (Å²) in [7, 11) is 0. The minimum atomic E-state index is 0.912. The average molecular weight is 807 g/mol. The van der Waals surface area contributed by atoms with Gasteiger partial charge < -0.3 is 4.42 Å². The second-order valence-electron chi connectivity index (χ2n) is 16.0. The first kappa shape index (κ1) is 36.1. The van der Waals surface area contributed by atoms with Crippen LogP contribution in [0.1, 0.15) is 0 Å². The molecule has 0 fully saturated rings. The average Bonchev–Trinajstić information content (AvgIpc) is 3.93. The van der Waals surface area contributed by atoms with Gasteiger partial charge in [0.25, 0.3) is 0 Å². The molecule has 62 heavy (non-hydrogen) atoms. The zero-order valence-electron chi connectivity index (χ0n) is 33.8. The van der Waals surface area contributed by atoms with E-state index in [0.29, 0.717) is 0 Å². The fraction of sp³-hybridized carbons (Fsp3) is 0. The van der Waals surface area contributed by atoms with Gasteiger partial charge >= 0.3 is 0 Å². The molecule has 290 valence electrons. The summed E-state index contributed by atoms with van der Waals surface area (Å²) in [6.07, 6.45) is 0. The van der Waals surface area contributed by atoms with Gasteiger partial charge in [0.2, 0.25) is 0 Å². The van der Waals surface area contributed by atoms with Crippen LogP contribution < -0.4 is 0 Å². The van der Waals surface area contributed by atoms with Crippen LogP contribution in [0.4, 0.5) is 0 Å². The lowest BCUT2D eigenvalue weighted by Gasteiger charge is -2.14. The zero-order chi connectivity index (χ0) is 41.0. The largest absolute Gasteiger partial charge is 0.455 e. The smallest absolute Gasteiger partial charge is 0.143 e. The molecule has 0 bridgehead atoms. The van der Waals surface area contributed by atoms with E-state index < -0.39 is 0 Å². The Bertz CT molecular complexity index is 3640. The van der Waals surface area contributed by atoms with Gasteiger partial charge in [-0.2, -0.15) is 0 Å². The number of benzene rings is 10. The van der Waals surface area contributed by atoms with Crippen molar-refractivity contribution in [3.8, 4) is 77.9 Å². The topological polar surface area (TPSA) is 13.1 Å². The summed E-state index contributed by atoms with van der Waals surface area (Å²) in [5, 5.41) is 4.92.